The Morgan fingerprint density at radius 2 is 1.67 bits per heavy atom. The highest BCUT2D eigenvalue weighted by atomic mass is 79.9. The van der Waals surface area contributed by atoms with Gasteiger partial charge in [-0.15, -0.1) is 0 Å². The third-order valence-electron chi connectivity index (χ3n) is 6.93. The maximum absolute atomic E-state index is 13.4. The number of hydrogen-bond donors (Lipinski definition) is 1. The zero-order valence-electron chi connectivity index (χ0n) is 21.4. The molecule has 0 spiro atoms. The first kappa shape index (κ1) is 25.8. The van der Waals surface area contributed by atoms with E-state index in [2.05, 4.69) is 54.2 Å². The number of carbonyl (C=O) groups excluding carboxylic acids is 2. The average molecular weight is 551 g/mol. The molecule has 1 atom stereocenters. The van der Waals surface area contributed by atoms with E-state index in [4.69, 9.17) is 9.47 Å². The van der Waals surface area contributed by atoms with Crippen LogP contribution in [0.15, 0.2) is 65.1 Å². The van der Waals surface area contributed by atoms with Crippen LogP contribution in [0.4, 0.5) is 11.4 Å². The fourth-order valence-corrected chi connectivity index (χ4v) is 6.09. The molecule has 4 rings (SSSR count). The van der Waals surface area contributed by atoms with Gasteiger partial charge in [-0.2, -0.15) is 0 Å². The summed E-state index contributed by atoms with van der Waals surface area (Å²) in [4.78, 5) is 28.1. The first-order valence-electron chi connectivity index (χ1n) is 11.8. The van der Waals surface area contributed by atoms with E-state index >= 15 is 0 Å². The first-order chi connectivity index (χ1) is 17.0. The maximum Gasteiger partial charge on any atom is 0.263 e. The molecule has 0 aromatic heterocycles. The van der Waals surface area contributed by atoms with Crippen LogP contribution in [0.3, 0.4) is 0 Å². The predicted molar refractivity (Wildman–Crippen MR) is 146 cm³/mol. The zero-order valence-corrected chi connectivity index (χ0v) is 23.0. The third kappa shape index (κ3) is 4.37. The maximum atomic E-state index is 13.4. The van der Waals surface area contributed by atoms with Gasteiger partial charge in [0.05, 0.1) is 18.7 Å². The molecule has 1 unspecified atom stereocenters. The molecule has 1 aliphatic rings. The summed E-state index contributed by atoms with van der Waals surface area (Å²) in [5.74, 6) is 0.426. The van der Waals surface area contributed by atoms with Crippen molar-refractivity contribution in [3.05, 3.63) is 81.8 Å². The van der Waals surface area contributed by atoms with E-state index in [1.54, 1.807) is 19.1 Å². The largest absolute Gasteiger partial charge is 0.496 e. The molecule has 0 saturated carbocycles. The quantitative estimate of drug-likeness (QED) is 0.390. The topological polar surface area (TPSA) is 67.9 Å². The molecule has 188 valence electrons. The summed E-state index contributed by atoms with van der Waals surface area (Å²) in [5.41, 5.74) is 3.12. The molecule has 7 heteroatoms. The molecular weight excluding hydrogens is 520 g/mol. The molecule has 2 amide bonds. The van der Waals surface area contributed by atoms with Crippen LogP contribution in [0.25, 0.3) is 0 Å². The van der Waals surface area contributed by atoms with Crippen LogP contribution in [0.1, 0.15) is 55.6 Å². The van der Waals surface area contributed by atoms with Gasteiger partial charge in [0.2, 0.25) is 5.91 Å². The monoisotopic (exact) mass is 550 g/mol. The van der Waals surface area contributed by atoms with E-state index < -0.39 is 5.54 Å². The van der Waals surface area contributed by atoms with Crippen molar-refractivity contribution >= 4 is 39.1 Å². The fourth-order valence-electron chi connectivity index (χ4n) is 5.59. The number of benzene rings is 3. The number of nitrogens with one attached hydrogen (secondary N) is 1. The number of methoxy groups -OCH3 is 2. The Morgan fingerprint density at radius 3 is 2.28 bits per heavy atom. The summed E-state index contributed by atoms with van der Waals surface area (Å²) < 4.78 is 11.6. The Hall–Kier alpha value is -3.32. The number of carbonyl (C=O) groups is 2. The van der Waals surface area contributed by atoms with Crippen molar-refractivity contribution in [2.45, 2.75) is 45.1 Å². The lowest BCUT2D eigenvalue weighted by molar-refractivity contribution is -0.117. The molecule has 1 N–H and O–H groups in total. The molecular formula is C29H31BrN2O4. The molecule has 0 saturated heterocycles. The molecule has 0 aliphatic carbocycles. The van der Waals surface area contributed by atoms with Crippen LogP contribution >= 0.6 is 15.9 Å². The van der Waals surface area contributed by atoms with Crippen molar-refractivity contribution in [2.24, 2.45) is 0 Å². The zero-order chi connectivity index (χ0) is 26.3. The van der Waals surface area contributed by atoms with E-state index in [0.29, 0.717) is 27.2 Å². The molecule has 0 bridgehead atoms. The molecule has 0 fully saturated rings. The molecule has 3 aromatic rings. The van der Waals surface area contributed by atoms with Crippen LogP contribution in [0, 0.1) is 0 Å². The van der Waals surface area contributed by atoms with Gasteiger partial charge in [-0.1, -0.05) is 37.3 Å². The van der Waals surface area contributed by atoms with Crippen molar-refractivity contribution in [3.63, 3.8) is 0 Å². The van der Waals surface area contributed by atoms with Crippen molar-refractivity contribution in [1.29, 1.82) is 0 Å². The average Bonchev–Trinajstić information content (AvgIpc) is 2.83. The van der Waals surface area contributed by atoms with Gasteiger partial charge >= 0.3 is 0 Å². The van der Waals surface area contributed by atoms with E-state index in [1.165, 1.54) is 14.2 Å². The SMILES string of the molecule is COc1ccc(Br)c(OC)c1C(=O)Nc1ccc2c(c1)C(C)(c1ccccc1)CC(C)(C)N2C(C)=O. The Balaban J connectivity index is 1.84. The van der Waals surface area contributed by atoms with Crippen molar-refractivity contribution in [1.82, 2.24) is 0 Å². The molecule has 3 aromatic carbocycles. The van der Waals surface area contributed by atoms with Gasteiger partial charge in [0.25, 0.3) is 5.91 Å². The Labute approximate surface area is 220 Å². The highest BCUT2D eigenvalue weighted by molar-refractivity contribution is 9.10. The number of fused-ring (bicyclic) bond motifs is 1. The van der Waals surface area contributed by atoms with Gasteiger partial charge in [-0.05, 0) is 77.7 Å². The smallest absolute Gasteiger partial charge is 0.263 e. The second-order valence-electron chi connectivity index (χ2n) is 9.89. The van der Waals surface area contributed by atoms with Crippen molar-refractivity contribution < 1.29 is 19.1 Å². The minimum atomic E-state index is -0.398. The fraction of sp³-hybridized carbons (Fsp3) is 0.310. The number of hydrogen-bond acceptors (Lipinski definition) is 4. The first-order valence-corrected chi connectivity index (χ1v) is 12.6. The molecule has 6 nitrogen and oxygen atoms in total. The summed E-state index contributed by atoms with van der Waals surface area (Å²) in [7, 11) is 3.03. The summed E-state index contributed by atoms with van der Waals surface area (Å²) in [6.07, 6.45) is 0.723. The molecule has 1 aliphatic heterocycles. The van der Waals surface area contributed by atoms with Crippen LogP contribution in [-0.4, -0.2) is 31.6 Å². The van der Waals surface area contributed by atoms with Crippen LogP contribution < -0.4 is 19.7 Å². The Bertz CT molecular complexity index is 1320. The Morgan fingerprint density at radius 1 is 0.972 bits per heavy atom. The highest BCUT2D eigenvalue weighted by Gasteiger charge is 2.47. The molecule has 0 radical (unpaired) electrons. The van der Waals surface area contributed by atoms with Gasteiger partial charge in [0.15, 0.2) is 0 Å². The minimum Gasteiger partial charge on any atom is -0.496 e. The van der Waals surface area contributed by atoms with E-state index in [0.717, 1.165) is 23.2 Å². The van der Waals surface area contributed by atoms with Crippen molar-refractivity contribution in [3.8, 4) is 11.5 Å². The van der Waals surface area contributed by atoms with Gasteiger partial charge in [0.1, 0.15) is 17.1 Å². The summed E-state index contributed by atoms with van der Waals surface area (Å²) in [6.45, 7) is 7.99. The molecule has 1 heterocycles. The lowest BCUT2D eigenvalue weighted by atomic mass is 9.65. The van der Waals surface area contributed by atoms with E-state index in [1.807, 2.05) is 41.3 Å². The highest BCUT2D eigenvalue weighted by Crippen LogP contribution is 2.51. The van der Waals surface area contributed by atoms with E-state index in [9.17, 15) is 9.59 Å². The number of nitrogens with zero attached hydrogens (tertiary/aromatic N) is 1. The van der Waals surface area contributed by atoms with E-state index in [-0.39, 0.29) is 17.2 Å². The van der Waals surface area contributed by atoms with Crippen LogP contribution in [-0.2, 0) is 10.2 Å². The van der Waals surface area contributed by atoms with Crippen molar-refractivity contribution in [2.75, 3.05) is 24.4 Å². The minimum absolute atomic E-state index is 0.0169. The Kier molecular flexibility index (Phi) is 6.88. The van der Waals surface area contributed by atoms with Crippen LogP contribution in [0.2, 0.25) is 0 Å². The second-order valence-corrected chi connectivity index (χ2v) is 10.7. The lowest BCUT2D eigenvalue weighted by Gasteiger charge is -2.51. The van der Waals surface area contributed by atoms with Gasteiger partial charge < -0.3 is 19.7 Å². The number of amides is 2. The number of ether oxygens (including phenoxy) is 2. The third-order valence-corrected chi connectivity index (χ3v) is 7.55. The second kappa shape index (κ2) is 9.62. The summed E-state index contributed by atoms with van der Waals surface area (Å²) in [5, 5.41) is 3.02. The van der Waals surface area contributed by atoms with Gasteiger partial charge in [-0.25, -0.2) is 0 Å². The van der Waals surface area contributed by atoms with Gasteiger partial charge in [0, 0.05) is 29.3 Å². The summed E-state index contributed by atoms with van der Waals surface area (Å²) in [6, 6.07) is 19.5. The number of rotatable bonds is 5. The normalized spacial score (nSPS) is 18.2. The standard InChI is InChI=1S/C29H31BrN2O4/c1-18(33)32-23-14-12-20(31-27(34)25-24(35-5)15-13-22(30)26(25)36-6)16-21(23)29(4,17-28(32,2)3)19-10-8-7-9-11-19/h7-16H,17H2,1-6H3,(H,31,34). The predicted octanol–water partition coefficient (Wildman–Crippen LogP) is 6.56. The number of halogens is 1. The van der Waals surface area contributed by atoms with Crippen LogP contribution in [0.5, 0.6) is 11.5 Å². The molecule has 36 heavy (non-hydrogen) atoms. The lowest BCUT2D eigenvalue weighted by Crippen LogP contribution is -2.55. The van der Waals surface area contributed by atoms with Gasteiger partial charge in [-0.3, -0.25) is 9.59 Å². The summed E-state index contributed by atoms with van der Waals surface area (Å²) >= 11 is 3.45. The number of anilines is 2.